The third kappa shape index (κ3) is 6.78. The number of carbonyl (C=O) groups excluding carboxylic acids is 1. The molecular formula is C22H29N3O5S2. The van der Waals surface area contributed by atoms with E-state index in [0.29, 0.717) is 12.8 Å². The quantitative estimate of drug-likeness (QED) is 0.550. The van der Waals surface area contributed by atoms with E-state index in [1.807, 2.05) is 18.2 Å². The second kappa shape index (κ2) is 10.0. The van der Waals surface area contributed by atoms with E-state index in [2.05, 4.69) is 26.7 Å². The fourth-order valence-electron chi connectivity index (χ4n) is 3.78. The molecule has 0 aliphatic carbocycles. The molecule has 1 aliphatic rings. The van der Waals surface area contributed by atoms with Crippen LogP contribution in [0.5, 0.6) is 0 Å². The average molecular weight is 480 g/mol. The number of nitrogens with zero attached hydrogens (tertiary/aromatic N) is 2. The molecule has 0 radical (unpaired) electrons. The molecule has 0 aromatic heterocycles. The lowest BCUT2D eigenvalue weighted by Gasteiger charge is -2.36. The number of nitrogens with one attached hydrogen (secondary N) is 1. The van der Waals surface area contributed by atoms with Crippen LogP contribution in [0.3, 0.4) is 0 Å². The lowest BCUT2D eigenvalue weighted by Crippen LogP contribution is -2.46. The van der Waals surface area contributed by atoms with Crippen LogP contribution in [0, 0.1) is 0 Å². The van der Waals surface area contributed by atoms with Gasteiger partial charge < -0.3 is 4.90 Å². The van der Waals surface area contributed by atoms with Crippen molar-refractivity contribution >= 4 is 37.0 Å². The van der Waals surface area contributed by atoms with Crippen LogP contribution >= 0.6 is 0 Å². The Labute approximate surface area is 190 Å². The molecule has 174 valence electrons. The van der Waals surface area contributed by atoms with Crippen LogP contribution in [0.1, 0.15) is 23.2 Å². The van der Waals surface area contributed by atoms with Gasteiger partial charge in [-0.1, -0.05) is 18.2 Å². The van der Waals surface area contributed by atoms with Crippen molar-refractivity contribution in [2.24, 2.45) is 0 Å². The van der Waals surface area contributed by atoms with E-state index in [-0.39, 0.29) is 21.9 Å². The van der Waals surface area contributed by atoms with Gasteiger partial charge in [0.25, 0.3) is 0 Å². The van der Waals surface area contributed by atoms with Gasteiger partial charge in [-0.05, 0) is 43.3 Å². The third-order valence-electron chi connectivity index (χ3n) is 5.37. The zero-order chi connectivity index (χ0) is 23.4. The van der Waals surface area contributed by atoms with E-state index in [9.17, 15) is 21.6 Å². The monoisotopic (exact) mass is 479 g/mol. The van der Waals surface area contributed by atoms with Gasteiger partial charge >= 0.3 is 0 Å². The van der Waals surface area contributed by atoms with Gasteiger partial charge in [-0.15, -0.1) is 0 Å². The summed E-state index contributed by atoms with van der Waals surface area (Å²) < 4.78 is 49.4. The van der Waals surface area contributed by atoms with Crippen molar-refractivity contribution in [3.63, 3.8) is 0 Å². The van der Waals surface area contributed by atoms with Crippen molar-refractivity contribution in [3.8, 4) is 0 Å². The largest absolute Gasteiger partial charge is 0.369 e. The Hall–Kier alpha value is -2.43. The molecule has 0 spiro atoms. The highest BCUT2D eigenvalue weighted by Gasteiger charge is 2.20. The van der Waals surface area contributed by atoms with Crippen LogP contribution in [0.25, 0.3) is 0 Å². The van der Waals surface area contributed by atoms with Gasteiger partial charge in [0.1, 0.15) is 0 Å². The van der Waals surface area contributed by atoms with Crippen molar-refractivity contribution in [2.45, 2.75) is 17.7 Å². The number of rotatable bonds is 9. The van der Waals surface area contributed by atoms with Crippen molar-refractivity contribution in [2.75, 3.05) is 54.9 Å². The summed E-state index contributed by atoms with van der Waals surface area (Å²) in [5.74, 6) is -0.149. The minimum absolute atomic E-state index is 0.0992. The van der Waals surface area contributed by atoms with Crippen LogP contribution in [0.4, 0.5) is 11.4 Å². The predicted molar refractivity (Wildman–Crippen MR) is 127 cm³/mol. The number of hydrogen-bond acceptors (Lipinski definition) is 7. The van der Waals surface area contributed by atoms with Crippen molar-refractivity contribution in [1.82, 2.24) is 4.90 Å². The Morgan fingerprint density at radius 3 is 2.19 bits per heavy atom. The summed E-state index contributed by atoms with van der Waals surface area (Å²) in [6.45, 7) is 4.52. The molecule has 0 amide bonds. The number of sulfonamides is 1. The molecule has 2 aromatic rings. The van der Waals surface area contributed by atoms with Crippen molar-refractivity contribution in [1.29, 1.82) is 0 Å². The van der Waals surface area contributed by atoms with Gasteiger partial charge in [0.15, 0.2) is 15.6 Å². The van der Waals surface area contributed by atoms with E-state index in [1.54, 1.807) is 0 Å². The highest BCUT2D eigenvalue weighted by Crippen LogP contribution is 2.25. The summed E-state index contributed by atoms with van der Waals surface area (Å²) in [5, 5.41) is 0. The van der Waals surface area contributed by atoms with E-state index in [0.717, 1.165) is 45.2 Å². The van der Waals surface area contributed by atoms with E-state index < -0.39 is 19.9 Å². The summed E-state index contributed by atoms with van der Waals surface area (Å²) >= 11 is 0. The number of piperazine rings is 1. The maximum absolute atomic E-state index is 12.6. The number of Topliss-reactive ketones (excluding diaryl/α,β-unsaturated/α-hetero) is 1. The lowest BCUT2D eigenvalue weighted by atomic mass is 10.1. The first-order valence-electron chi connectivity index (χ1n) is 10.4. The van der Waals surface area contributed by atoms with E-state index in [4.69, 9.17) is 0 Å². The molecule has 0 atom stereocenters. The molecule has 1 aliphatic heterocycles. The maximum Gasteiger partial charge on any atom is 0.229 e. The van der Waals surface area contributed by atoms with Gasteiger partial charge in [0.05, 0.1) is 16.8 Å². The lowest BCUT2D eigenvalue weighted by molar-refractivity contribution is 0.0974. The third-order valence-corrected chi connectivity index (χ3v) is 7.11. The fourth-order valence-corrected chi connectivity index (χ4v) is 5.24. The summed E-state index contributed by atoms with van der Waals surface area (Å²) in [4.78, 5) is 17.2. The van der Waals surface area contributed by atoms with E-state index >= 15 is 0 Å². The first-order valence-corrected chi connectivity index (χ1v) is 14.2. The fraction of sp³-hybridized carbons (Fsp3) is 0.409. The number of ketones is 1. The molecule has 1 N–H and O–H groups in total. The number of hydrogen-bond donors (Lipinski definition) is 1. The van der Waals surface area contributed by atoms with Crippen LogP contribution in [0.15, 0.2) is 53.4 Å². The second-order valence-corrected chi connectivity index (χ2v) is 11.8. The molecule has 0 unspecified atom stereocenters. The minimum Gasteiger partial charge on any atom is -0.369 e. The molecular weight excluding hydrogens is 450 g/mol. The minimum atomic E-state index is -3.69. The van der Waals surface area contributed by atoms with Crippen LogP contribution < -0.4 is 9.62 Å². The Balaban J connectivity index is 1.55. The van der Waals surface area contributed by atoms with Crippen LogP contribution in [-0.4, -0.2) is 72.8 Å². The van der Waals surface area contributed by atoms with Crippen molar-refractivity contribution in [3.05, 3.63) is 54.1 Å². The van der Waals surface area contributed by atoms with Gasteiger partial charge in [0.2, 0.25) is 10.0 Å². The number of benzene rings is 2. The molecule has 3 rings (SSSR count). The Morgan fingerprint density at radius 1 is 0.938 bits per heavy atom. The molecule has 0 bridgehead atoms. The zero-order valence-corrected chi connectivity index (χ0v) is 20.0. The highest BCUT2D eigenvalue weighted by atomic mass is 32.2. The first kappa shape index (κ1) is 24.2. The molecule has 8 nitrogen and oxygen atoms in total. The number of anilines is 2. The van der Waals surface area contributed by atoms with Gasteiger partial charge in [-0.25, -0.2) is 16.8 Å². The summed E-state index contributed by atoms with van der Waals surface area (Å²) in [6, 6.07) is 14.3. The second-order valence-electron chi connectivity index (χ2n) is 8.05. The Kier molecular flexibility index (Phi) is 7.58. The van der Waals surface area contributed by atoms with Gasteiger partial charge in [0, 0.05) is 50.1 Å². The van der Waals surface area contributed by atoms with Crippen LogP contribution in [0.2, 0.25) is 0 Å². The summed E-state index contributed by atoms with van der Waals surface area (Å²) in [6.07, 6.45) is 2.90. The van der Waals surface area contributed by atoms with E-state index in [1.165, 1.54) is 23.9 Å². The predicted octanol–water partition coefficient (Wildman–Crippen LogP) is 2.25. The number of carbonyl (C=O) groups is 1. The SMILES string of the molecule is CS(=O)(=O)Nc1cc(C(=O)CCCN2CCN(c3ccccc3)CC2)ccc1S(C)(=O)=O. The van der Waals surface area contributed by atoms with Gasteiger partial charge in [-0.3, -0.25) is 14.4 Å². The molecule has 1 fully saturated rings. The molecule has 1 heterocycles. The smallest absolute Gasteiger partial charge is 0.229 e. The Bertz CT molecular complexity index is 1160. The van der Waals surface area contributed by atoms with Crippen LogP contribution in [-0.2, 0) is 19.9 Å². The molecule has 0 saturated carbocycles. The molecule has 1 saturated heterocycles. The maximum atomic E-state index is 12.6. The first-order chi connectivity index (χ1) is 15.0. The topological polar surface area (TPSA) is 104 Å². The molecule has 32 heavy (non-hydrogen) atoms. The normalized spacial score (nSPS) is 15.5. The highest BCUT2D eigenvalue weighted by molar-refractivity contribution is 7.92. The number of para-hydroxylation sites is 1. The summed E-state index contributed by atoms with van der Waals surface area (Å²) in [7, 11) is -7.35. The standard InChI is InChI=1S/C22H29N3O5S2/c1-31(27,28)22-11-10-18(17-20(22)23-32(2,29)30)21(26)9-6-12-24-13-15-25(16-14-24)19-7-4-3-5-8-19/h3-5,7-8,10-11,17,23H,6,9,12-16H2,1-2H3. The van der Waals surface area contributed by atoms with Gasteiger partial charge in [-0.2, -0.15) is 0 Å². The zero-order valence-electron chi connectivity index (χ0n) is 18.3. The van der Waals surface area contributed by atoms with Crippen molar-refractivity contribution < 1.29 is 21.6 Å². The molecule has 2 aromatic carbocycles. The molecule has 10 heteroatoms. The average Bonchev–Trinajstić information content (AvgIpc) is 2.73. The number of sulfone groups is 1. The Morgan fingerprint density at radius 2 is 1.59 bits per heavy atom. The summed E-state index contributed by atoms with van der Waals surface area (Å²) in [5.41, 5.74) is 1.41.